The van der Waals surface area contributed by atoms with E-state index in [9.17, 15) is 4.79 Å². The van der Waals surface area contributed by atoms with Gasteiger partial charge in [-0.2, -0.15) is 0 Å². The van der Waals surface area contributed by atoms with E-state index in [4.69, 9.17) is 14.2 Å². The van der Waals surface area contributed by atoms with Gasteiger partial charge in [0.2, 0.25) is 0 Å². The Labute approximate surface area is 216 Å². The maximum Gasteiger partial charge on any atom is 0.320 e. The van der Waals surface area contributed by atoms with E-state index < -0.39 is 0 Å². The Kier molecular flexibility index (Phi) is 5.79. The van der Waals surface area contributed by atoms with Crippen LogP contribution in [0, 0.1) is 0 Å². The number of H-pyrrole nitrogens is 1. The fraction of sp³-hybridized carbons (Fsp3) is 0.500. The molecule has 2 bridgehead atoms. The third kappa shape index (κ3) is 4.15. The fourth-order valence-corrected chi connectivity index (χ4v) is 6.38. The SMILES string of the molecule is COc1c[nH]c2ncc(-c3cc4c(c(C5COCCN5)c3)CN(C(=O)N3CC5CCC(C3)O5)CC4)cc12. The first-order valence-electron chi connectivity index (χ1n) is 13.3. The molecule has 4 aliphatic heterocycles. The van der Waals surface area contributed by atoms with Gasteiger partial charge in [0.15, 0.2) is 0 Å². The van der Waals surface area contributed by atoms with Crippen LogP contribution in [0.4, 0.5) is 4.79 Å². The zero-order valence-electron chi connectivity index (χ0n) is 21.2. The summed E-state index contributed by atoms with van der Waals surface area (Å²) in [5, 5.41) is 4.61. The van der Waals surface area contributed by atoms with E-state index in [0.717, 1.165) is 66.9 Å². The number of hydrogen-bond acceptors (Lipinski definition) is 6. The molecule has 9 heteroatoms. The Hall–Kier alpha value is -3.14. The lowest BCUT2D eigenvalue weighted by molar-refractivity contribution is -0.0291. The van der Waals surface area contributed by atoms with Crippen molar-refractivity contribution < 1.29 is 19.0 Å². The average molecular weight is 504 g/mol. The standard InChI is InChI=1S/C28H33N5O4/c1-35-26-12-31-27-23(26)10-19(11-30-27)18-8-17-4-6-32(28(34)33-13-20-2-3-21(14-33)37-20)15-24(17)22(9-18)25-16-36-7-5-29-25/h8-12,20-21,25,29H,2-7,13-16H2,1H3,(H,30,31). The highest BCUT2D eigenvalue weighted by molar-refractivity contribution is 5.87. The smallest absolute Gasteiger partial charge is 0.320 e. The average Bonchev–Trinajstić information content (AvgIpc) is 3.53. The molecule has 3 saturated heterocycles. The second kappa shape index (κ2) is 9.31. The summed E-state index contributed by atoms with van der Waals surface area (Å²) in [5.41, 5.74) is 6.75. The van der Waals surface area contributed by atoms with Crippen molar-refractivity contribution >= 4 is 17.1 Å². The van der Waals surface area contributed by atoms with Crippen molar-refractivity contribution in [3.05, 3.63) is 47.3 Å². The molecular weight excluding hydrogens is 470 g/mol. The highest BCUT2D eigenvalue weighted by Crippen LogP contribution is 2.36. The maximum absolute atomic E-state index is 13.6. The van der Waals surface area contributed by atoms with Crippen molar-refractivity contribution in [1.29, 1.82) is 0 Å². The summed E-state index contributed by atoms with van der Waals surface area (Å²) in [6.07, 6.45) is 7.11. The number of amides is 2. The van der Waals surface area contributed by atoms with Crippen LogP contribution >= 0.6 is 0 Å². The second-order valence-electron chi connectivity index (χ2n) is 10.6. The summed E-state index contributed by atoms with van der Waals surface area (Å²) in [6.45, 7) is 4.92. The van der Waals surface area contributed by atoms with Gasteiger partial charge in [0.05, 0.1) is 44.0 Å². The van der Waals surface area contributed by atoms with E-state index in [1.165, 1.54) is 16.7 Å². The Morgan fingerprint density at radius 1 is 1.14 bits per heavy atom. The third-order valence-corrected chi connectivity index (χ3v) is 8.30. The van der Waals surface area contributed by atoms with E-state index in [2.05, 4.69) is 33.5 Å². The lowest BCUT2D eigenvalue weighted by atomic mass is 9.87. The number of nitrogens with one attached hydrogen (secondary N) is 2. The van der Waals surface area contributed by atoms with Gasteiger partial charge in [0, 0.05) is 50.7 Å². The molecule has 4 aliphatic rings. The van der Waals surface area contributed by atoms with Crippen molar-refractivity contribution in [2.45, 2.75) is 44.1 Å². The Bertz CT molecular complexity index is 1320. The molecule has 0 radical (unpaired) electrons. The minimum Gasteiger partial charge on any atom is -0.494 e. The van der Waals surface area contributed by atoms with Crippen LogP contribution in [0.25, 0.3) is 22.2 Å². The number of aromatic nitrogens is 2. The predicted molar refractivity (Wildman–Crippen MR) is 139 cm³/mol. The molecule has 0 spiro atoms. The maximum atomic E-state index is 13.6. The number of carbonyl (C=O) groups is 1. The quantitative estimate of drug-likeness (QED) is 0.570. The molecule has 2 amide bonds. The minimum absolute atomic E-state index is 0.0928. The van der Waals surface area contributed by atoms with Gasteiger partial charge in [-0.1, -0.05) is 6.07 Å². The van der Waals surface area contributed by atoms with E-state index in [1.54, 1.807) is 7.11 Å². The normalized spacial score (nSPS) is 25.4. The number of hydrogen-bond donors (Lipinski definition) is 2. The zero-order chi connectivity index (χ0) is 24.9. The predicted octanol–water partition coefficient (Wildman–Crippen LogP) is 3.24. The molecule has 1 aromatic carbocycles. The molecule has 2 aromatic heterocycles. The van der Waals surface area contributed by atoms with Gasteiger partial charge in [0.1, 0.15) is 11.4 Å². The van der Waals surface area contributed by atoms with E-state index in [1.807, 2.05) is 22.2 Å². The lowest BCUT2D eigenvalue weighted by Crippen LogP contribution is -2.52. The minimum atomic E-state index is 0.0928. The largest absolute Gasteiger partial charge is 0.494 e. The van der Waals surface area contributed by atoms with Crippen LogP contribution in [0.15, 0.2) is 30.6 Å². The van der Waals surface area contributed by atoms with Gasteiger partial charge in [-0.15, -0.1) is 0 Å². The van der Waals surface area contributed by atoms with Crippen LogP contribution in [0.3, 0.4) is 0 Å². The third-order valence-electron chi connectivity index (χ3n) is 8.30. The van der Waals surface area contributed by atoms with Crippen LogP contribution in [0.2, 0.25) is 0 Å². The molecule has 3 unspecified atom stereocenters. The Morgan fingerprint density at radius 3 is 2.78 bits per heavy atom. The zero-order valence-corrected chi connectivity index (χ0v) is 21.2. The summed E-state index contributed by atoms with van der Waals surface area (Å²) in [4.78, 5) is 25.4. The molecule has 9 nitrogen and oxygen atoms in total. The molecule has 3 atom stereocenters. The molecule has 2 N–H and O–H groups in total. The van der Waals surface area contributed by atoms with Crippen molar-refractivity contribution in [3.8, 4) is 16.9 Å². The van der Waals surface area contributed by atoms with Crippen molar-refractivity contribution in [1.82, 2.24) is 25.1 Å². The highest BCUT2D eigenvalue weighted by Gasteiger charge is 2.38. The molecular formula is C28H33N5O4. The Balaban J connectivity index is 1.23. The van der Waals surface area contributed by atoms with E-state index in [-0.39, 0.29) is 24.3 Å². The first-order chi connectivity index (χ1) is 18.2. The van der Waals surface area contributed by atoms with Crippen LogP contribution in [0.1, 0.15) is 35.6 Å². The first kappa shape index (κ1) is 23.0. The van der Waals surface area contributed by atoms with Gasteiger partial charge in [-0.3, -0.25) is 0 Å². The number of aromatic amines is 1. The summed E-state index contributed by atoms with van der Waals surface area (Å²) < 4.78 is 17.3. The number of pyridine rings is 1. The van der Waals surface area contributed by atoms with Crippen molar-refractivity contribution in [2.75, 3.05) is 46.5 Å². The van der Waals surface area contributed by atoms with Gasteiger partial charge < -0.3 is 34.3 Å². The summed E-state index contributed by atoms with van der Waals surface area (Å²) >= 11 is 0. The first-order valence-corrected chi connectivity index (χ1v) is 13.3. The molecule has 7 rings (SSSR count). The van der Waals surface area contributed by atoms with Gasteiger partial charge in [0.25, 0.3) is 0 Å². The second-order valence-corrected chi connectivity index (χ2v) is 10.6. The van der Waals surface area contributed by atoms with Gasteiger partial charge in [-0.25, -0.2) is 9.78 Å². The molecule has 0 saturated carbocycles. The van der Waals surface area contributed by atoms with Crippen LogP contribution in [0.5, 0.6) is 5.75 Å². The number of likely N-dealkylation sites (tertiary alicyclic amines) is 1. The van der Waals surface area contributed by atoms with Crippen LogP contribution < -0.4 is 10.1 Å². The number of fused-ring (bicyclic) bond motifs is 4. The fourth-order valence-electron chi connectivity index (χ4n) is 6.38. The molecule has 37 heavy (non-hydrogen) atoms. The summed E-state index contributed by atoms with van der Waals surface area (Å²) in [6, 6.07) is 6.91. The summed E-state index contributed by atoms with van der Waals surface area (Å²) in [5.74, 6) is 0.788. The van der Waals surface area contributed by atoms with Crippen LogP contribution in [-0.2, 0) is 22.4 Å². The summed E-state index contributed by atoms with van der Waals surface area (Å²) in [7, 11) is 1.68. The molecule has 3 fully saturated rings. The van der Waals surface area contributed by atoms with E-state index in [0.29, 0.717) is 26.2 Å². The number of carbonyl (C=O) groups excluding carboxylic acids is 1. The molecule has 3 aromatic rings. The number of methoxy groups -OCH3 is 1. The lowest BCUT2D eigenvalue weighted by Gasteiger charge is -2.39. The Morgan fingerprint density at radius 2 is 2.00 bits per heavy atom. The van der Waals surface area contributed by atoms with Crippen molar-refractivity contribution in [3.63, 3.8) is 0 Å². The number of morpholine rings is 2. The number of nitrogens with zero attached hydrogens (tertiary/aromatic N) is 3. The number of benzene rings is 1. The topological polar surface area (TPSA) is 92.0 Å². The number of urea groups is 1. The highest BCUT2D eigenvalue weighted by atomic mass is 16.5. The van der Waals surface area contributed by atoms with Crippen LogP contribution in [-0.4, -0.2) is 84.5 Å². The van der Waals surface area contributed by atoms with Gasteiger partial charge >= 0.3 is 6.03 Å². The van der Waals surface area contributed by atoms with Crippen molar-refractivity contribution in [2.24, 2.45) is 0 Å². The molecule has 194 valence electrons. The monoisotopic (exact) mass is 503 g/mol. The van der Waals surface area contributed by atoms with Gasteiger partial charge in [-0.05, 0) is 53.6 Å². The van der Waals surface area contributed by atoms with E-state index >= 15 is 0 Å². The molecule has 6 heterocycles. The number of ether oxygens (including phenoxy) is 3. The number of rotatable bonds is 3. The molecule has 0 aliphatic carbocycles.